The number of methoxy groups -OCH3 is 2. The van der Waals surface area contributed by atoms with E-state index in [9.17, 15) is 4.79 Å². The third-order valence-electron chi connectivity index (χ3n) is 6.58. The van der Waals surface area contributed by atoms with Crippen molar-refractivity contribution in [3.8, 4) is 22.6 Å². The highest BCUT2D eigenvalue weighted by Crippen LogP contribution is 2.40. The second-order valence-corrected chi connectivity index (χ2v) is 8.86. The molecule has 2 heterocycles. The molecule has 1 saturated heterocycles. The topological polar surface area (TPSA) is 73.2 Å². The Kier molecular flexibility index (Phi) is 7.14. The predicted molar refractivity (Wildman–Crippen MR) is 147 cm³/mol. The average Bonchev–Trinajstić information content (AvgIpc) is 3.35. The van der Waals surface area contributed by atoms with E-state index in [1.165, 1.54) is 0 Å². The molecule has 1 amide bonds. The van der Waals surface area contributed by atoms with Crippen molar-refractivity contribution < 1.29 is 23.4 Å². The average molecular weight is 499 g/mol. The number of carbonyl (C=O) groups is 1. The van der Waals surface area contributed by atoms with Crippen LogP contribution in [-0.2, 0) is 9.53 Å². The van der Waals surface area contributed by atoms with Gasteiger partial charge in [-0.05, 0) is 48.9 Å². The summed E-state index contributed by atoms with van der Waals surface area (Å²) < 4.78 is 22.5. The van der Waals surface area contributed by atoms with Gasteiger partial charge in [0.1, 0.15) is 17.1 Å². The summed E-state index contributed by atoms with van der Waals surface area (Å²) >= 11 is 0. The highest BCUT2D eigenvalue weighted by molar-refractivity contribution is 6.05. The SMILES string of the molecule is COc1cc2occ(-c3ccccc3OC)c2cc1/C(C)=C/C(=O)Nc1ccc(N2CCOCC2)cc1. The van der Waals surface area contributed by atoms with Crippen LogP contribution in [0.5, 0.6) is 11.5 Å². The highest BCUT2D eigenvalue weighted by Gasteiger charge is 2.17. The van der Waals surface area contributed by atoms with E-state index in [4.69, 9.17) is 18.6 Å². The van der Waals surface area contributed by atoms with Gasteiger partial charge in [-0.2, -0.15) is 0 Å². The van der Waals surface area contributed by atoms with Gasteiger partial charge in [0.05, 0.1) is 33.7 Å². The van der Waals surface area contributed by atoms with Crippen molar-refractivity contribution in [2.75, 3.05) is 50.7 Å². The Morgan fingerprint density at radius 3 is 2.41 bits per heavy atom. The molecule has 0 radical (unpaired) electrons. The highest BCUT2D eigenvalue weighted by atomic mass is 16.5. The van der Waals surface area contributed by atoms with Gasteiger partial charge in [0, 0.05) is 58.7 Å². The lowest BCUT2D eigenvalue weighted by atomic mass is 9.98. The molecule has 0 bridgehead atoms. The van der Waals surface area contributed by atoms with Crippen LogP contribution in [0.1, 0.15) is 12.5 Å². The fourth-order valence-electron chi connectivity index (χ4n) is 4.64. The molecule has 0 aliphatic carbocycles. The van der Waals surface area contributed by atoms with Crippen LogP contribution in [0.25, 0.3) is 27.7 Å². The largest absolute Gasteiger partial charge is 0.496 e. The van der Waals surface area contributed by atoms with Gasteiger partial charge >= 0.3 is 0 Å². The van der Waals surface area contributed by atoms with Crippen LogP contribution in [0.4, 0.5) is 11.4 Å². The summed E-state index contributed by atoms with van der Waals surface area (Å²) in [6, 6.07) is 19.5. The minimum absolute atomic E-state index is 0.212. The zero-order chi connectivity index (χ0) is 25.8. The summed E-state index contributed by atoms with van der Waals surface area (Å²) in [6.45, 7) is 5.10. The summed E-state index contributed by atoms with van der Waals surface area (Å²) in [4.78, 5) is 15.2. The second-order valence-electron chi connectivity index (χ2n) is 8.86. The van der Waals surface area contributed by atoms with Crippen molar-refractivity contribution in [2.45, 2.75) is 6.92 Å². The summed E-state index contributed by atoms with van der Waals surface area (Å²) in [6.07, 6.45) is 3.31. The number of ether oxygens (including phenoxy) is 3. The molecule has 1 aromatic heterocycles. The van der Waals surface area contributed by atoms with E-state index in [-0.39, 0.29) is 5.91 Å². The second kappa shape index (κ2) is 10.8. The monoisotopic (exact) mass is 498 g/mol. The van der Waals surface area contributed by atoms with Gasteiger partial charge in [0.25, 0.3) is 0 Å². The zero-order valence-electron chi connectivity index (χ0n) is 21.2. The third-order valence-corrected chi connectivity index (χ3v) is 6.58. The molecule has 1 aliphatic heterocycles. The lowest BCUT2D eigenvalue weighted by Crippen LogP contribution is -2.36. The molecule has 3 aromatic carbocycles. The maximum Gasteiger partial charge on any atom is 0.248 e. The van der Waals surface area contributed by atoms with Crippen molar-refractivity contribution in [1.29, 1.82) is 0 Å². The standard InChI is InChI=1S/C30H30N2O5/c1-20(16-30(33)31-21-8-10-22(11-9-21)32-12-14-36-15-13-32)24-17-25-26(19-37-29(25)18-28(24)35-3)23-6-4-5-7-27(23)34-2/h4-11,16-19H,12-15H2,1-3H3,(H,31,33)/b20-16+. The van der Waals surface area contributed by atoms with Gasteiger partial charge in [-0.25, -0.2) is 0 Å². The van der Waals surface area contributed by atoms with E-state index in [0.717, 1.165) is 71.1 Å². The fraction of sp³-hybridized carbons (Fsp3) is 0.233. The third kappa shape index (κ3) is 5.17. The molecule has 1 fully saturated rings. The van der Waals surface area contributed by atoms with Crippen LogP contribution in [0.2, 0.25) is 0 Å². The van der Waals surface area contributed by atoms with Gasteiger partial charge in [-0.15, -0.1) is 0 Å². The Balaban J connectivity index is 1.40. The van der Waals surface area contributed by atoms with Crippen molar-refractivity contribution in [2.24, 2.45) is 0 Å². The van der Waals surface area contributed by atoms with Crippen molar-refractivity contribution >= 4 is 33.8 Å². The predicted octanol–water partition coefficient (Wildman–Crippen LogP) is 6.00. The van der Waals surface area contributed by atoms with Gasteiger partial charge in [0.2, 0.25) is 5.91 Å². The number of anilines is 2. The van der Waals surface area contributed by atoms with E-state index in [1.54, 1.807) is 26.6 Å². The number of hydrogen-bond donors (Lipinski definition) is 1. The maximum atomic E-state index is 12.9. The van der Waals surface area contributed by atoms with Crippen LogP contribution in [-0.4, -0.2) is 46.4 Å². The number of rotatable bonds is 7. The minimum Gasteiger partial charge on any atom is -0.496 e. The number of benzene rings is 3. The number of furan rings is 1. The Bertz CT molecular complexity index is 1430. The van der Waals surface area contributed by atoms with Crippen molar-refractivity contribution in [1.82, 2.24) is 0 Å². The van der Waals surface area contributed by atoms with E-state index < -0.39 is 0 Å². The van der Waals surface area contributed by atoms with Gasteiger partial charge in [-0.3, -0.25) is 4.79 Å². The van der Waals surface area contributed by atoms with Crippen LogP contribution >= 0.6 is 0 Å². The fourth-order valence-corrected chi connectivity index (χ4v) is 4.64. The molecule has 1 N–H and O–H groups in total. The molecule has 0 saturated carbocycles. The Morgan fingerprint density at radius 2 is 1.68 bits per heavy atom. The number of carbonyl (C=O) groups excluding carboxylic acids is 1. The first kappa shape index (κ1) is 24.5. The summed E-state index contributed by atoms with van der Waals surface area (Å²) in [7, 11) is 3.26. The van der Waals surface area contributed by atoms with Gasteiger partial charge < -0.3 is 28.8 Å². The van der Waals surface area contributed by atoms with Crippen molar-refractivity contribution in [3.05, 3.63) is 78.6 Å². The van der Waals surface area contributed by atoms with E-state index in [0.29, 0.717) is 11.3 Å². The molecule has 4 aromatic rings. The van der Waals surface area contributed by atoms with Crippen LogP contribution < -0.4 is 19.7 Å². The summed E-state index contributed by atoms with van der Waals surface area (Å²) in [5.74, 6) is 1.18. The molecular formula is C30H30N2O5. The summed E-state index contributed by atoms with van der Waals surface area (Å²) in [5.41, 5.74) is 5.98. The molecule has 5 rings (SSSR count). The van der Waals surface area contributed by atoms with Gasteiger partial charge in [0.15, 0.2) is 0 Å². The molecule has 0 unspecified atom stereocenters. The first-order valence-corrected chi connectivity index (χ1v) is 12.2. The van der Waals surface area contributed by atoms with Crippen LogP contribution in [0, 0.1) is 0 Å². The molecule has 1 aliphatic rings. The quantitative estimate of drug-likeness (QED) is 0.315. The smallest absolute Gasteiger partial charge is 0.248 e. The lowest BCUT2D eigenvalue weighted by Gasteiger charge is -2.28. The number of nitrogens with one attached hydrogen (secondary N) is 1. The maximum absolute atomic E-state index is 12.9. The number of fused-ring (bicyclic) bond motifs is 1. The molecule has 190 valence electrons. The van der Waals surface area contributed by atoms with Crippen LogP contribution in [0.15, 0.2) is 77.4 Å². The Morgan fingerprint density at radius 1 is 0.946 bits per heavy atom. The number of para-hydroxylation sites is 1. The Hall–Kier alpha value is -4.23. The first-order chi connectivity index (χ1) is 18.1. The number of morpholine rings is 1. The minimum atomic E-state index is -0.212. The van der Waals surface area contributed by atoms with E-state index in [2.05, 4.69) is 10.2 Å². The Labute approximate surface area is 216 Å². The van der Waals surface area contributed by atoms with Crippen molar-refractivity contribution in [3.63, 3.8) is 0 Å². The molecule has 0 atom stereocenters. The lowest BCUT2D eigenvalue weighted by molar-refractivity contribution is -0.111. The molecule has 37 heavy (non-hydrogen) atoms. The van der Waals surface area contributed by atoms with Gasteiger partial charge in [-0.1, -0.05) is 18.2 Å². The number of hydrogen-bond acceptors (Lipinski definition) is 6. The molecule has 7 heteroatoms. The molecular weight excluding hydrogens is 468 g/mol. The number of amides is 1. The first-order valence-electron chi connectivity index (χ1n) is 12.2. The zero-order valence-corrected chi connectivity index (χ0v) is 21.2. The van der Waals surface area contributed by atoms with E-state index in [1.807, 2.05) is 67.6 Å². The number of nitrogens with zero attached hydrogens (tertiary/aromatic N) is 1. The summed E-state index contributed by atoms with van der Waals surface area (Å²) in [5, 5.41) is 3.87. The number of allylic oxidation sites excluding steroid dienone is 1. The van der Waals surface area contributed by atoms with E-state index >= 15 is 0 Å². The molecule has 7 nitrogen and oxygen atoms in total. The molecule has 0 spiro atoms. The van der Waals surface area contributed by atoms with Crippen LogP contribution in [0.3, 0.4) is 0 Å². The normalized spacial score (nSPS) is 14.0.